The van der Waals surface area contributed by atoms with Crippen LogP contribution in [0.1, 0.15) is 12.8 Å². The number of hydrogen-bond acceptors (Lipinski definition) is 3. The highest BCUT2D eigenvalue weighted by Gasteiger charge is 2.08. The van der Waals surface area contributed by atoms with Crippen molar-refractivity contribution in [2.75, 3.05) is 6.61 Å². The number of carbonyl (C=O) groups excluding carboxylic acids is 1. The van der Waals surface area contributed by atoms with E-state index in [0.717, 1.165) is 11.9 Å². The number of aromatic nitrogens is 1. The van der Waals surface area contributed by atoms with Gasteiger partial charge in [0.05, 0.1) is 12.1 Å². The SMILES string of the molecule is O=C1CCCO1.c1ccc2ncccc2c1. The number of pyridine rings is 1. The number of ether oxygens (including phenoxy) is 1. The van der Waals surface area contributed by atoms with Crippen molar-refractivity contribution >= 4 is 16.9 Å². The van der Waals surface area contributed by atoms with E-state index in [2.05, 4.69) is 21.9 Å². The number of benzene rings is 1. The Labute approximate surface area is 94.1 Å². The van der Waals surface area contributed by atoms with Crippen LogP contribution in [0.4, 0.5) is 0 Å². The lowest BCUT2D eigenvalue weighted by molar-refractivity contribution is -0.137. The fourth-order valence-electron chi connectivity index (χ4n) is 1.49. The lowest BCUT2D eigenvalue weighted by Crippen LogP contribution is -1.88. The molecule has 1 aromatic carbocycles. The molecule has 1 aliphatic rings. The summed E-state index contributed by atoms with van der Waals surface area (Å²) in [6.07, 6.45) is 3.35. The Bertz CT molecular complexity index is 409. The van der Waals surface area contributed by atoms with Crippen LogP contribution >= 0.6 is 0 Å². The van der Waals surface area contributed by atoms with Crippen molar-refractivity contribution in [1.29, 1.82) is 0 Å². The van der Waals surface area contributed by atoms with Gasteiger partial charge in [-0.15, -0.1) is 0 Å². The summed E-state index contributed by atoms with van der Waals surface area (Å²) in [5.41, 5.74) is 1.06. The molecule has 3 heteroatoms. The summed E-state index contributed by atoms with van der Waals surface area (Å²) in [7, 11) is 0. The topological polar surface area (TPSA) is 39.2 Å². The second-order valence-corrected chi connectivity index (χ2v) is 3.52. The Morgan fingerprint density at radius 1 is 1.12 bits per heavy atom. The maximum Gasteiger partial charge on any atom is 0.305 e. The molecule has 2 heterocycles. The average molecular weight is 215 g/mol. The Morgan fingerprint density at radius 3 is 2.56 bits per heavy atom. The Hall–Kier alpha value is -1.90. The fraction of sp³-hybridized carbons (Fsp3) is 0.231. The van der Waals surface area contributed by atoms with E-state index in [1.165, 1.54) is 5.39 Å². The lowest BCUT2D eigenvalue weighted by Gasteiger charge is -1.91. The fourth-order valence-corrected chi connectivity index (χ4v) is 1.49. The first-order valence-electron chi connectivity index (χ1n) is 5.31. The Morgan fingerprint density at radius 2 is 1.94 bits per heavy atom. The van der Waals surface area contributed by atoms with Gasteiger partial charge in [-0.1, -0.05) is 24.3 Å². The summed E-state index contributed by atoms with van der Waals surface area (Å²) < 4.78 is 4.51. The zero-order valence-electron chi connectivity index (χ0n) is 8.93. The van der Waals surface area contributed by atoms with Crippen molar-refractivity contribution in [3.8, 4) is 0 Å². The monoisotopic (exact) mass is 215 g/mol. The minimum absolute atomic E-state index is 0.0463. The normalized spacial score (nSPS) is 14.1. The van der Waals surface area contributed by atoms with Gasteiger partial charge in [0.1, 0.15) is 0 Å². The molecule has 1 aromatic heterocycles. The van der Waals surface area contributed by atoms with Gasteiger partial charge >= 0.3 is 5.97 Å². The van der Waals surface area contributed by atoms with Crippen LogP contribution in [-0.4, -0.2) is 17.6 Å². The van der Waals surface area contributed by atoms with Crippen molar-refractivity contribution in [3.05, 3.63) is 42.6 Å². The number of para-hydroxylation sites is 1. The van der Waals surface area contributed by atoms with Crippen LogP contribution in [0.15, 0.2) is 42.6 Å². The van der Waals surface area contributed by atoms with Crippen molar-refractivity contribution in [2.24, 2.45) is 0 Å². The van der Waals surface area contributed by atoms with E-state index in [1.807, 2.05) is 30.5 Å². The Balaban J connectivity index is 0.000000138. The molecule has 0 bridgehead atoms. The molecule has 0 aliphatic carbocycles. The summed E-state index contributed by atoms with van der Waals surface area (Å²) in [5.74, 6) is -0.0463. The molecule has 0 amide bonds. The molecule has 2 aromatic rings. The van der Waals surface area contributed by atoms with Crippen LogP contribution in [0.25, 0.3) is 10.9 Å². The van der Waals surface area contributed by atoms with E-state index in [4.69, 9.17) is 0 Å². The molecule has 1 fully saturated rings. The van der Waals surface area contributed by atoms with Crippen LogP contribution in [0.5, 0.6) is 0 Å². The number of nitrogens with zero attached hydrogens (tertiary/aromatic N) is 1. The maximum absolute atomic E-state index is 10.0. The molecule has 16 heavy (non-hydrogen) atoms. The van der Waals surface area contributed by atoms with Crippen molar-refractivity contribution in [2.45, 2.75) is 12.8 Å². The molecule has 82 valence electrons. The summed E-state index contributed by atoms with van der Waals surface area (Å²) in [6, 6.07) is 12.1. The number of hydrogen-bond donors (Lipinski definition) is 0. The second-order valence-electron chi connectivity index (χ2n) is 3.52. The standard InChI is InChI=1S/C9H7N.C4H6O2/c1-2-6-9-8(4-1)5-3-7-10-9;5-4-2-1-3-6-4/h1-7H;1-3H2. The molecule has 0 radical (unpaired) electrons. The number of carbonyl (C=O) groups is 1. The van der Waals surface area contributed by atoms with Gasteiger partial charge in [-0.3, -0.25) is 9.78 Å². The quantitative estimate of drug-likeness (QED) is 0.634. The van der Waals surface area contributed by atoms with Crippen molar-refractivity contribution in [3.63, 3.8) is 0 Å². The molecular weight excluding hydrogens is 202 g/mol. The predicted octanol–water partition coefficient (Wildman–Crippen LogP) is 2.56. The summed E-state index contributed by atoms with van der Waals surface area (Å²) in [4.78, 5) is 14.2. The van der Waals surface area contributed by atoms with Gasteiger partial charge in [0.2, 0.25) is 0 Å². The van der Waals surface area contributed by atoms with Gasteiger partial charge in [-0.2, -0.15) is 0 Å². The summed E-state index contributed by atoms with van der Waals surface area (Å²) >= 11 is 0. The van der Waals surface area contributed by atoms with Gasteiger partial charge in [-0.25, -0.2) is 0 Å². The van der Waals surface area contributed by atoms with Gasteiger partial charge < -0.3 is 4.74 Å². The number of rotatable bonds is 0. The smallest absolute Gasteiger partial charge is 0.305 e. The lowest BCUT2D eigenvalue weighted by atomic mass is 10.2. The largest absolute Gasteiger partial charge is 0.466 e. The van der Waals surface area contributed by atoms with E-state index < -0.39 is 0 Å². The van der Waals surface area contributed by atoms with Crippen LogP contribution in [0, 0.1) is 0 Å². The Kier molecular flexibility index (Phi) is 3.49. The zero-order chi connectivity index (χ0) is 11.2. The van der Waals surface area contributed by atoms with Crippen LogP contribution in [-0.2, 0) is 9.53 Å². The van der Waals surface area contributed by atoms with E-state index >= 15 is 0 Å². The first-order valence-corrected chi connectivity index (χ1v) is 5.31. The number of fused-ring (bicyclic) bond motifs is 1. The van der Waals surface area contributed by atoms with Gasteiger partial charge in [0.25, 0.3) is 0 Å². The minimum Gasteiger partial charge on any atom is -0.466 e. The first kappa shape index (κ1) is 10.6. The van der Waals surface area contributed by atoms with Crippen LogP contribution in [0.2, 0.25) is 0 Å². The third kappa shape index (κ3) is 2.79. The second kappa shape index (κ2) is 5.26. The molecule has 0 spiro atoms. The number of esters is 1. The van der Waals surface area contributed by atoms with Crippen molar-refractivity contribution < 1.29 is 9.53 Å². The van der Waals surface area contributed by atoms with Gasteiger partial charge in [0.15, 0.2) is 0 Å². The average Bonchev–Trinajstić information content (AvgIpc) is 2.81. The third-order valence-corrected chi connectivity index (χ3v) is 2.30. The molecule has 0 saturated carbocycles. The van der Waals surface area contributed by atoms with Crippen molar-refractivity contribution in [1.82, 2.24) is 4.98 Å². The molecular formula is C13H13NO2. The highest BCUT2D eigenvalue weighted by atomic mass is 16.5. The molecule has 0 unspecified atom stereocenters. The highest BCUT2D eigenvalue weighted by molar-refractivity contribution is 5.77. The first-order chi connectivity index (χ1) is 7.86. The van der Waals surface area contributed by atoms with E-state index in [-0.39, 0.29) is 5.97 Å². The third-order valence-electron chi connectivity index (χ3n) is 2.30. The molecule has 1 aliphatic heterocycles. The van der Waals surface area contributed by atoms with Gasteiger partial charge in [-0.05, 0) is 18.6 Å². The summed E-state index contributed by atoms with van der Waals surface area (Å²) in [5, 5.41) is 1.20. The molecule has 3 nitrogen and oxygen atoms in total. The molecule has 1 saturated heterocycles. The minimum atomic E-state index is -0.0463. The van der Waals surface area contributed by atoms with E-state index in [0.29, 0.717) is 13.0 Å². The highest BCUT2D eigenvalue weighted by Crippen LogP contribution is 2.07. The molecule has 0 atom stereocenters. The van der Waals surface area contributed by atoms with E-state index in [1.54, 1.807) is 0 Å². The molecule has 0 N–H and O–H groups in total. The number of cyclic esters (lactones) is 1. The van der Waals surface area contributed by atoms with Gasteiger partial charge in [0, 0.05) is 18.0 Å². The summed E-state index contributed by atoms with van der Waals surface area (Å²) in [6.45, 7) is 0.638. The zero-order valence-corrected chi connectivity index (χ0v) is 8.93. The predicted molar refractivity (Wildman–Crippen MR) is 61.9 cm³/mol. The molecule has 3 rings (SSSR count). The van der Waals surface area contributed by atoms with Crippen LogP contribution in [0.3, 0.4) is 0 Å². The maximum atomic E-state index is 10.0. The van der Waals surface area contributed by atoms with E-state index in [9.17, 15) is 4.79 Å². The van der Waals surface area contributed by atoms with Crippen LogP contribution < -0.4 is 0 Å².